The molecule has 2 aliphatic heterocycles. The minimum absolute atomic E-state index is 0.152. The first-order valence-electron chi connectivity index (χ1n) is 10.6. The highest BCUT2D eigenvalue weighted by molar-refractivity contribution is 7.80. The first-order valence-corrected chi connectivity index (χ1v) is 11.0. The summed E-state index contributed by atoms with van der Waals surface area (Å²) in [5, 5.41) is 22.3. The van der Waals surface area contributed by atoms with Crippen molar-refractivity contribution in [2.24, 2.45) is 0 Å². The van der Waals surface area contributed by atoms with E-state index in [9.17, 15) is 0 Å². The van der Waals surface area contributed by atoms with Gasteiger partial charge in [-0.05, 0) is 62.5 Å². The van der Waals surface area contributed by atoms with E-state index in [2.05, 4.69) is 20.0 Å². The van der Waals surface area contributed by atoms with Crippen molar-refractivity contribution in [3.8, 4) is 17.9 Å². The van der Waals surface area contributed by atoms with E-state index in [1.165, 1.54) is 0 Å². The SMILES string of the molecule is COc1ccc(NC(=S)N2CCN(CCN3C(C)=CC(=C(C#N)C#N)C=C3C)CC2)cc1. The van der Waals surface area contributed by atoms with E-state index in [-0.39, 0.29) is 5.57 Å². The number of benzene rings is 1. The lowest BCUT2D eigenvalue weighted by Gasteiger charge is -2.38. The molecule has 0 atom stereocenters. The smallest absolute Gasteiger partial charge is 0.173 e. The van der Waals surface area contributed by atoms with Crippen LogP contribution in [0.3, 0.4) is 0 Å². The van der Waals surface area contributed by atoms with Crippen LogP contribution >= 0.6 is 12.2 Å². The third-order valence-corrected chi connectivity index (χ3v) is 6.09. The Morgan fingerprint density at radius 3 is 2.12 bits per heavy atom. The summed E-state index contributed by atoms with van der Waals surface area (Å²) in [5.41, 5.74) is 3.89. The third-order valence-electron chi connectivity index (χ3n) is 5.73. The average Bonchev–Trinajstić information content (AvgIpc) is 2.80. The first-order chi connectivity index (χ1) is 15.4. The van der Waals surface area contributed by atoms with Crippen LogP contribution in [0, 0.1) is 22.7 Å². The van der Waals surface area contributed by atoms with Crippen LogP contribution in [0.1, 0.15) is 13.8 Å². The molecule has 8 heteroatoms. The van der Waals surface area contributed by atoms with Gasteiger partial charge in [0, 0.05) is 61.9 Å². The molecule has 0 bridgehead atoms. The molecule has 3 rings (SSSR count). The summed E-state index contributed by atoms with van der Waals surface area (Å²) in [7, 11) is 1.65. The second kappa shape index (κ2) is 10.8. The van der Waals surface area contributed by atoms with Gasteiger partial charge in [0.15, 0.2) is 5.11 Å². The second-order valence-corrected chi connectivity index (χ2v) is 8.15. The highest BCUT2D eigenvalue weighted by Gasteiger charge is 2.21. The molecule has 7 nitrogen and oxygen atoms in total. The van der Waals surface area contributed by atoms with Gasteiger partial charge in [-0.3, -0.25) is 4.90 Å². The van der Waals surface area contributed by atoms with E-state index >= 15 is 0 Å². The van der Waals surface area contributed by atoms with Crippen molar-refractivity contribution in [2.45, 2.75) is 13.8 Å². The Morgan fingerprint density at radius 2 is 1.59 bits per heavy atom. The highest BCUT2D eigenvalue weighted by Crippen LogP contribution is 2.24. The maximum atomic E-state index is 9.12. The van der Waals surface area contributed by atoms with Gasteiger partial charge in [0.2, 0.25) is 0 Å². The van der Waals surface area contributed by atoms with E-state index in [4.69, 9.17) is 27.5 Å². The van der Waals surface area contributed by atoms with Crippen LogP contribution in [0.4, 0.5) is 5.69 Å². The summed E-state index contributed by atoms with van der Waals surface area (Å²) in [5.74, 6) is 0.821. The van der Waals surface area contributed by atoms with E-state index in [0.29, 0.717) is 5.57 Å². The van der Waals surface area contributed by atoms with Crippen molar-refractivity contribution in [2.75, 3.05) is 51.7 Å². The van der Waals surface area contributed by atoms with E-state index in [0.717, 1.165) is 67.2 Å². The molecule has 32 heavy (non-hydrogen) atoms. The molecule has 1 aromatic carbocycles. The van der Waals surface area contributed by atoms with Gasteiger partial charge >= 0.3 is 0 Å². The zero-order valence-electron chi connectivity index (χ0n) is 18.8. The lowest BCUT2D eigenvalue weighted by Crippen LogP contribution is -2.51. The molecule has 2 aliphatic rings. The molecular formula is C24H28N6OS. The first kappa shape index (κ1) is 23.3. The number of hydrogen-bond donors (Lipinski definition) is 1. The van der Waals surface area contributed by atoms with Crippen LogP contribution in [0.5, 0.6) is 5.75 Å². The molecule has 1 N–H and O–H groups in total. The molecule has 0 radical (unpaired) electrons. The van der Waals surface area contributed by atoms with Gasteiger partial charge in [0.05, 0.1) is 7.11 Å². The van der Waals surface area contributed by atoms with Gasteiger partial charge in [0.25, 0.3) is 0 Å². The van der Waals surface area contributed by atoms with Crippen molar-refractivity contribution < 1.29 is 4.74 Å². The molecule has 0 spiro atoms. The number of nitrogens with zero attached hydrogens (tertiary/aromatic N) is 5. The number of nitriles is 2. The standard InChI is InChI=1S/C24H28N6OS/c1-18-14-20(21(16-25)17-26)15-19(2)30(18)13-10-28-8-11-29(12-9-28)24(32)27-22-4-6-23(31-3)7-5-22/h4-7,14-15H,8-13H2,1-3H3,(H,27,32). The number of ether oxygens (including phenoxy) is 1. The fraction of sp³-hybridized carbons (Fsp3) is 0.375. The molecule has 2 heterocycles. The van der Waals surface area contributed by atoms with Gasteiger partial charge in [-0.2, -0.15) is 10.5 Å². The predicted octanol–water partition coefficient (Wildman–Crippen LogP) is 3.48. The van der Waals surface area contributed by atoms with Crippen molar-refractivity contribution >= 4 is 23.0 Å². The van der Waals surface area contributed by atoms with Crippen LogP contribution < -0.4 is 10.1 Å². The third kappa shape index (κ3) is 5.67. The molecule has 1 aromatic rings. The molecule has 0 saturated carbocycles. The summed E-state index contributed by atoms with van der Waals surface area (Å²) < 4.78 is 5.19. The van der Waals surface area contributed by atoms with Gasteiger partial charge in [-0.15, -0.1) is 0 Å². The minimum atomic E-state index is 0.152. The fourth-order valence-corrected chi connectivity index (χ4v) is 4.17. The average molecular weight is 449 g/mol. The molecule has 0 aromatic heterocycles. The lowest BCUT2D eigenvalue weighted by atomic mass is 10.0. The Kier molecular flexibility index (Phi) is 7.88. The quantitative estimate of drug-likeness (QED) is 0.542. The number of thiocarbonyl (C=S) groups is 1. The number of rotatable bonds is 5. The number of allylic oxidation sites excluding steroid dienone is 6. The van der Waals surface area contributed by atoms with E-state index in [1.54, 1.807) is 7.11 Å². The lowest BCUT2D eigenvalue weighted by molar-refractivity contribution is 0.172. The predicted molar refractivity (Wildman–Crippen MR) is 130 cm³/mol. The van der Waals surface area contributed by atoms with Gasteiger partial charge in [-0.1, -0.05) is 0 Å². The summed E-state index contributed by atoms with van der Waals surface area (Å²) >= 11 is 5.60. The number of methoxy groups -OCH3 is 1. The molecule has 1 saturated heterocycles. The van der Waals surface area contributed by atoms with Crippen molar-refractivity contribution in [1.82, 2.24) is 14.7 Å². The molecular weight excluding hydrogens is 420 g/mol. The number of anilines is 1. The largest absolute Gasteiger partial charge is 0.497 e. The van der Waals surface area contributed by atoms with Gasteiger partial charge < -0.3 is 19.9 Å². The van der Waals surface area contributed by atoms with Gasteiger partial charge in [-0.25, -0.2) is 0 Å². The van der Waals surface area contributed by atoms with E-state index < -0.39 is 0 Å². The van der Waals surface area contributed by atoms with Crippen LogP contribution in [0.15, 0.2) is 59.0 Å². The van der Waals surface area contributed by atoms with E-state index in [1.807, 2.05) is 62.4 Å². The summed E-state index contributed by atoms with van der Waals surface area (Å²) in [6, 6.07) is 11.7. The summed E-state index contributed by atoms with van der Waals surface area (Å²) in [6.45, 7) is 9.49. The maximum absolute atomic E-state index is 9.12. The number of hydrogen-bond acceptors (Lipinski definition) is 6. The Labute approximate surface area is 195 Å². The molecule has 0 unspecified atom stereocenters. The molecule has 0 aliphatic carbocycles. The fourth-order valence-electron chi connectivity index (χ4n) is 3.87. The number of nitrogens with one attached hydrogen (secondary N) is 1. The minimum Gasteiger partial charge on any atom is -0.497 e. The zero-order chi connectivity index (χ0) is 23.1. The Hall–Kier alpha value is -3.33. The summed E-state index contributed by atoms with van der Waals surface area (Å²) in [6.07, 6.45) is 3.83. The normalized spacial score (nSPS) is 16.5. The van der Waals surface area contributed by atoms with Crippen LogP contribution in [0.25, 0.3) is 0 Å². The maximum Gasteiger partial charge on any atom is 0.173 e. The van der Waals surface area contributed by atoms with Gasteiger partial charge in [0.1, 0.15) is 23.5 Å². The summed E-state index contributed by atoms with van der Waals surface area (Å²) in [4.78, 5) is 6.88. The van der Waals surface area contributed by atoms with Crippen LogP contribution in [-0.2, 0) is 0 Å². The Balaban J connectivity index is 1.48. The van der Waals surface area contributed by atoms with Crippen molar-refractivity contribution in [3.05, 3.63) is 59.0 Å². The highest BCUT2D eigenvalue weighted by atomic mass is 32.1. The van der Waals surface area contributed by atoms with Crippen molar-refractivity contribution in [1.29, 1.82) is 10.5 Å². The molecule has 1 fully saturated rings. The Morgan fingerprint density at radius 1 is 1.00 bits per heavy atom. The molecule has 0 amide bonds. The van der Waals surface area contributed by atoms with Crippen molar-refractivity contribution in [3.63, 3.8) is 0 Å². The monoisotopic (exact) mass is 448 g/mol. The Bertz CT molecular complexity index is 982. The topological polar surface area (TPSA) is 78.6 Å². The second-order valence-electron chi connectivity index (χ2n) is 7.76. The van der Waals surface area contributed by atoms with Crippen LogP contribution in [0.2, 0.25) is 0 Å². The van der Waals surface area contributed by atoms with Crippen LogP contribution in [-0.4, -0.2) is 66.2 Å². The molecule has 166 valence electrons. The number of piperazine rings is 1. The zero-order valence-corrected chi connectivity index (χ0v) is 19.6.